The van der Waals surface area contributed by atoms with Crippen molar-refractivity contribution in [3.8, 4) is 17.2 Å². The molecule has 0 aliphatic heterocycles. The number of methoxy groups -OCH3 is 2. The summed E-state index contributed by atoms with van der Waals surface area (Å²) < 4.78 is 38.2. The fraction of sp³-hybridized carbons (Fsp3) is 0.538. The summed E-state index contributed by atoms with van der Waals surface area (Å²) in [4.78, 5) is 0. The molecule has 114 valence electrons. The SMILES string of the molecule is COc1cc(CCN)cc(OC)c1OCCS(C)(=O)=O. The third-order valence-electron chi connectivity index (χ3n) is 2.65. The maximum absolute atomic E-state index is 11.1. The van der Waals surface area contributed by atoms with E-state index in [4.69, 9.17) is 19.9 Å². The van der Waals surface area contributed by atoms with E-state index in [0.29, 0.717) is 30.2 Å². The van der Waals surface area contributed by atoms with Crippen LogP contribution in [0, 0.1) is 0 Å². The van der Waals surface area contributed by atoms with E-state index in [0.717, 1.165) is 11.8 Å². The van der Waals surface area contributed by atoms with Crippen LogP contribution in [0.1, 0.15) is 5.56 Å². The molecule has 1 aromatic carbocycles. The lowest BCUT2D eigenvalue weighted by atomic mass is 10.1. The van der Waals surface area contributed by atoms with E-state index in [2.05, 4.69) is 0 Å². The van der Waals surface area contributed by atoms with Crippen LogP contribution in [0.5, 0.6) is 17.2 Å². The van der Waals surface area contributed by atoms with E-state index in [1.807, 2.05) is 12.1 Å². The van der Waals surface area contributed by atoms with Crippen molar-refractivity contribution in [2.75, 3.05) is 39.4 Å². The maximum Gasteiger partial charge on any atom is 0.203 e. The van der Waals surface area contributed by atoms with Gasteiger partial charge in [0.2, 0.25) is 5.75 Å². The Morgan fingerprint density at radius 2 is 1.70 bits per heavy atom. The molecule has 0 saturated carbocycles. The predicted octanol–water partition coefficient (Wildman–Crippen LogP) is 0.628. The van der Waals surface area contributed by atoms with Crippen LogP contribution in [-0.4, -0.2) is 47.8 Å². The summed E-state index contributed by atoms with van der Waals surface area (Å²) in [5, 5.41) is 0. The topological polar surface area (TPSA) is 87.8 Å². The van der Waals surface area contributed by atoms with E-state index < -0.39 is 9.84 Å². The highest BCUT2D eigenvalue weighted by Gasteiger charge is 2.15. The molecular weight excluding hydrogens is 282 g/mol. The summed E-state index contributed by atoms with van der Waals surface area (Å²) in [6.45, 7) is 0.558. The minimum Gasteiger partial charge on any atom is -0.493 e. The molecule has 20 heavy (non-hydrogen) atoms. The summed E-state index contributed by atoms with van der Waals surface area (Å²) in [7, 11) is -0.0368. The van der Waals surface area contributed by atoms with Crippen LogP contribution in [0.2, 0.25) is 0 Å². The Bertz CT molecular complexity index is 517. The Labute approximate surface area is 119 Å². The molecule has 0 aromatic heterocycles. The molecule has 0 bridgehead atoms. The summed E-state index contributed by atoms with van der Waals surface area (Å²) in [6, 6.07) is 3.62. The maximum atomic E-state index is 11.1. The van der Waals surface area contributed by atoms with Crippen molar-refractivity contribution < 1.29 is 22.6 Å². The zero-order chi connectivity index (χ0) is 15.2. The third-order valence-corrected chi connectivity index (χ3v) is 3.56. The summed E-state index contributed by atoms with van der Waals surface area (Å²) in [5.41, 5.74) is 6.50. The van der Waals surface area contributed by atoms with Crippen LogP contribution in [0.4, 0.5) is 0 Å². The fourth-order valence-corrected chi connectivity index (χ4v) is 2.07. The second-order valence-electron chi connectivity index (χ2n) is 4.35. The second kappa shape index (κ2) is 7.35. The Kier molecular flexibility index (Phi) is 6.09. The van der Waals surface area contributed by atoms with E-state index in [9.17, 15) is 8.42 Å². The van der Waals surface area contributed by atoms with Gasteiger partial charge in [0.05, 0.1) is 20.0 Å². The van der Waals surface area contributed by atoms with Gasteiger partial charge in [-0.2, -0.15) is 0 Å². The molecule has 7 heteroatoms. The minimum absolute atomic E-state index is 0.0434. The van der Waals surface area contributed by atoms with Crippen LogP contribution < -0.4 is 19.9 Å². The largest absolute Gasteiger partial charge is 0.493 e. The van der Waals surface area contributed by atoms with Crippen LogP contribution in [0.3, 0.4) is 0 Å². The second-order valence-corrected chi connectivity index (χ2v) is 6.61. The van der Waals surface area contributed by atoms with Gasteiger partial charge in [0, 0.05) is 6.26 Å². The molecule has 0 heterocycles. The highest BCUT2D eigenvalue weighted by atomic mass is 32.2. The van der Waals surface area contributed by atoms with Crippen molar-refractivity contribution in [3.05, 3.63) is 17.7 Å². The zero-order valence-electron chi connectivity index (χ0n) is 12.0. The zero-order valence-corrected chi connectivity index (χ0v) is 12.8. The lowest BCUT2D eigenvalue weighted by Crippen LogP contribution is -2.13. The van der Waals surface area contributed by atoms with Gasteiger partial charge in [-0.15, -0.1) is 0 Å². The minimum atomic E-state index is -3.07. The van der Waals surface area contributed by atoms with Crippen LogP contribution >= 0.6 is 0 Å². The van der Waals surface area contributed by atoms with Gasteiger partial charge in [0.25, 0.3) is 0 Å². The average molecular weight is 303 g/mol. The predicted molar refractivity (Wildman–Crippen MR) is 77.5 cm³/mol. The smallest absolute Gasteiger partial charge is 0.203 e. The monoisotopic (exact) mass is 303 g/mol. The van der Waals surface area contributed by atoms with Crippen molar-refractivity contribution in [1.82, 2.24) is 0 Å². The van der Waals surface area contributed by atoms with Gasteiger partial charge in [-0.05, 0) is 30.7 Å². The van der Waals surface area contributed by atoms with Gasteiger partial charge in [-0.3, -0.25) is 0 Å². The first-order valence-electron chi connectivity index (χ1n) is 6.16. The van der Waals surface area contributed by atoms with Gasteiger partial charge in [0.1, 0.15) is 6.61 Å². The van der Waals surface area contributed by atoms with Crippen molar-refractivity contribution in [2.45, 2.75) is 6.42 Å². The number of ether oxygens (including phenoxy) is 3. The molecule has 0 atom stereocenters. The first-order valence-corrected chi connectivity index (χ1v) is 8.22. The number of nitrogens with two attached hydrogens (primary N) is 1. The molecule has 6 nitrogen and oxygen atoms in total. The van der Waals surface area contributed by atoms with Crippen molar-refractivity contribution in [2.24, 2.45) is 5.73 Å². The van der Waals surface area contributed by atoms with Crippen molar-refractivity contribution in [1.29, 1.82) is 0 Å². The molecule has 0 radical (unpaired) electrons. The molecule has 0 saturated heterocycles. The normalized spacial score (nSPS) is 11.2. The third kappa shape index (κ3) is 4.90. The van der Waals surface area contributed by atoms with Gasteiger partial charge < -0.3 is 19.9 Å². The van der Waals surface area contributed by atoms with Gasteiger partial charge >= 0.3 is 0 Å². The van der Waals surface area contributed by atoms with Gasteiger partial charge in [-0.25, -0.2) is 8.42 Å². The molecule has 0 aliphatic carbocycles. The molecule has 2 N–H and O–H groups in total. The number of hydrogen-bond acceptors (Lipinski definition) is 6. The highest BCUT2D eigenvalue weighted by Crippen LogP contribution is 2.38. The number of hydrogen-bond donors (Lipinski definition) is 1. The quantitative estimate of drug-likeness (QED) is 0.758. The number of rotatable bonds is 8. The highest BCUT2D eigenvalue weighted by molar-refractivity contribution is 7.90. The van der Waals surface area contributed by atoms with E-state index in [1.165, 1.54) is 14.2 Å². The lowest BCUT2D eigenvalue weighted by molar-refractivity contribution is 0.288. The molecule has 0 amide bonds. The first-order chi connectivity index (χ1) is 9.41. The van der Waals surface area contributed by atoms with Crippen LogP contribution in [-0.2, 0) is 16.3 Å². The molecule has 1 aromatic rings. The number of benzene rings is 1. The summed E-state index contributed by atoms with van der Waals surface area (Å²) >= 11 is 0. The fourth-order valence-electron chi connectivity index (χ4n) is 1.68. The Hall–Kier alpha value is -1.47. The van der Waals surface area contributed by atoms with Crippen molar-refractivity contribution >= 4 is 9.84 Å². The van der Waals surface area contributed by atoms with E-state index in [1.54, 1.807) is 0 Å². The Morgan fingerprint density at radius 3 is 2.10 bits per heavy atom. The molecule has 0 aliphatic rings. The molecule has 0 fully saturated rings. The molecule has 1 rings (SSSR count). The Balaban J connectivity index is 2.97. The van der Waals surface area contributed by atoms with Gasteiger partial charge in [-0.1, -0.05) is 0 Å². The van der Waals surface area contributed by atoms with E-state index in [-0.39, 0.29) is 12.4 Å². The summed E-state index contributed by atoms with van der Waals surface area (Å²) in [6.07, 6.45) is 1.85. The first kappa shape index (κ1) is 16.6. The molecule has 0 unspecified atom stereocenters. The lowest BCUT2D eigenvalue weighted by Gasteiger charge is -2.15. The molecule has 0 spiro atoms. The van der Waals surface area contributed by atoms with Crippen molar-refractivity contribution in [3.63, 3.8) is 0 Å². The molecular formula is C13H21NO5S. The Morgan fingerprint density at radius 1 is 1.15 bits per heavy atom. The van der Waals surface area contributed by atoms with E-state index >= 15 is 0 Å². The summed E-state index contributed by atoms with van der Waals surface area (Å²) in [5.74, 6) is 1.34. The van der Waals surface area contributed by atoms with Gasteiger partial charge in [0.15, 0.2) is 21.3 Å². The average Bonchev–Trinajstić information content (AvgIpc) is 2.38. The van der Waals surface area contributed by atoms with Crippen LogP contribution in [0.25, 0.3) is 0 Å². The number of sulfone groups is 1. The standard InChI is InChI=1S/C13H21NO5S/c1-17-11-8-10(4-5-14)9-12(18-2)13(11)19-6-7-20(3,15)16/h8-9H,4-7,14H2,1-3H3. The van der Waals surface area contributed by atoms with Crippen LogP contribution in [0.15, 0.2) is 12.1 Å².